The summed E-state index contributed by atoms with van der Waals surface area (Å²) in [5, 5.41) is 23.6. The highest BCUT2D eigenvalue weighted by molar-refractivity contribution is 8.18. The molecule has 8 heteroatoms. The summed E-state index contributed by atoms with van der Waals surface area (Å²) in [6.07, 6.45) is 1.60. The lowest BCUT2D eigenvalue weighted by Crippen LogP contribution is -2.19. The molecule has 1 heterocycles. The summed E-state index contributed by atoms with van der Waals surface area (Å²) in [5.74, 6) is -1.51. The molecule has 1 aliphatic rings. The van der Waals surface area contributed by atoms with Crippen molar-refractivity contribution in [1.82, 2.24) is 5.32 Å². The highest BCUT2D eigenvalue weighted by Crippen LogP contribution is 2.31. The summed E-state index contributed by atoms with van der Waals surface area (Å²) >= 11 is 1.09. The Balaban J connectivity index is 1.88. The van der Waals surface area contributed by atoms with Gasteiger partial charge in [0, 0.05) is 0 Å². The molecule has 1 fully saturated rings. The Morgan fingerprint density at radius 3 is 2.81 bits per heavy atom. The Kier molecular flexibility index (Phi) is 4.94. The van der Waals surface area contributed by atoms with Crippen molar-refractivity contribution in [3.8, 4) is 11.5 Å². The van der Waals surface area contributed by atoms with Crippen LogP contribution in [0.4, 0.5) is 5.69 Å². The van der Waals surface area contributed by atoms with Crippen molar-refractivity contribution >= 4 is 40.6 Å². The van der Waals surface area contributed by atoms with E-state index in [4.69, 9.17) is 4.74 Å². The van der Waals surface area contributed by atoms with E-state index < -0.39 is 5.97 Å². The number of hydrogen-bond donors (Lipinski definition) is 2. The van der Waals surface area contributed by atoms with E-state index in [2.05, 4.69) is 10.3 Å². The maximum absolute atomic E-state index is 12.1. The first kappa shape index (κ1) is 17.6. The number of carboxylic acid groups (broad SMARTS) is 1. The van der Waals surface area contributed by atoms with Gasteiger partial charge in [-0.05, 0) is 41.6 Å². The molecule has 0 aromatic heterocycles. The number of rotatable bonds is 4. The van der Waals surface area contributed by atoms with Gasteiger partial charge in [-0.15, -0.1) is 0 Å². The van der Waals surface area contributed by atoms with E-state index in [0.717, 1.165) is 11.8 Å². The minimum atomic E-state index is -1.10. The number of para-hydroxylation sites is 1. The van der Waals surface area contributed by atoms with E-state index in [-0.39, 0.29) is 33.8 Å². The van der Waals surface area contributed by atoms with Crippen LogP contribution in [0.3, 0.4) is 0 Å². The molecule has 26 heavy (non-hydrogen) atoms. The van der Waals surface area contributed by atoms with Crippen molar-refractivity contribution in [1.29, 1.82) is 0 Å². The monoisotopic (exact) mass is 369 g/mol. The van der Waals surface area contributed by atoms with Gasteiger partial charge in [-0.3, -0.25) is 4.79 Å². The number of ether oxygens (including phenoxy) is 1. The molecule has 0 saturated carbocycles. The first-order valence-corrected chi connectivity index (χ1v) is 8.26. The lowest BCUT2D eigenvalue weighted by Gasteiger charge is -2.12. The van der Waals surface area contributed by atoms with Crippen molar-refractivity contribution in [3.05, 3.63) is 58.5 Å². The summed E-state index contributed by atoms with van der Waals surface area (Å²) in [5.41, 5.74) is 0.927. The predicted molar refractivity (Wildman–Crippen MR) is 96.6 cm³/mol. The van der Waals surface area contributed by atoms with Crippen LogP contribution in [0.15, 0.2) is 52.4 Å². The lowest BCUT2D eigenvalue weighted by atomic mass is 10.2. The quantitative estimate of drug-likeness (QED) is 0.801. The maximum atomic E-state index is 12.1. The summed E-state index contributed by atoms with van der Waals surface area (Å²) in [7, 11) is 1.40. The van der Waals surface area contributed by atoms with Gasteiger partial charge in [0.2, 0.25) is 0 Å². The highest BCUT2D eigenvalue weighted by atomic mass is 32.2. The highest BCUT2D eigenvalue weighted by Gasteiger charge is 2.24. The fraction of sp³-hybridized carbons (Fsp3) is 0.0556. The van der Waals surface area contributed by atoms with Crippen LogP contribution in [0.25, 0.3) is 6.08 Å². The second kappa shape index (κ2) is 7.32. The maximum Gasteiger partial charge on any atom is 0.337 e. The number of methoxy groups -OCH3 is 1. The molecule has 7 nitrogen and oxygen atoms in total. The molecule has 1 aliphatic heterocycles. The van der Waals surface area contributed by atoms with E-state index >= 15 is 0 Å². The number of aromatic carboxylic acids is 1. The molecule has 2 N–H and O–H groups in total. The van der Waals surface area contributed by atoms with E-state index in [9.17, 15) is 19.8 Å². The van der Waals surface area contributed by atoms with Gasteiger partial charge < -0.3 is 20.3 Å². The first-order valence-electron chi connectivity index (χ1n) is 7.45. The van der Waals surface area contributed by atoms with Gasteiger partial charge in [-0.2, -0.15) is 0 Å². The van der Waals surface area contributed by atoms with Gasteiger partial charge in [-0.25, -0.2) is 9.79 Å². The van der Waals surface area contributed by atoms with Gasteiger partial charge >= 0.3 is 5.97 Å². The number of carboxylic acids is 1. The van der Waals surface area contributed by atoms with Gasteiger partial charge in [0.15, 0.2) is 5.17 Å². The van der Waals surface area contributed by atoms with Crippen LogP contribution in [-0.2, 0) is 4.79 Å². The molecule has 0 unspecified atom stereocenters. The summed E-state index contributed by atoms with van der Waals surface area (Å²) in [6, 6.07) is 10.8. The largest absolute Gasteiger partial charge is 0.870 e. The summed E-state index contributed by atoms with van der Waals surface area (Å²) in [4.78, 5) is 28.0. The fourth-order valence-corrected chi connectivity index (χ4v) is 3.10. The number of amidine groups is 1. The Labute approximate surface area is 153 Å². The molecular weight excluding hydrogens is 356 g/mol. The molecule has 0 bridgehead atoms. The first-order chi connectivity index (χ1) is 12.5. The van der Waals surface area contributed by atoms with E-state index in [1.165, 1.54) is 25.3 Å². The molecule has 2 aromatic carbocycles. The molecule has 1 saturated heterocycles. The third kappa shape index (κ3) is 3.70. The number of nitrogens with one attached hydrogen (secondary N) is 1. The van der Waals surface area contributed by atoms with E-state index in [0.29, 0.717) is 10.5 Å². The van der Waals surface area contributed by atoms with Crippen molar-refractivity contribution in [2.45, 2.75) is 0 Å². The standard InChI is InChI=1S/C18H14N2O5S/c1-25-14-8-10(6-7-13(14)21)9-15-16(22)20-18(26-15)19-12-5-3-2-4-11(12)17(23)24/h2-9,21H,1H3,(H,23,24)(H,19,20,22)/p-1/b15-9-. The second-order valence-electron chi connectivity index (χ2n) is 5.21. The third-order valence-electron chi connectivity index (χ3n) is 3.49. The van der Waals surface area contributed by atoms with Crippen LogP contribution in [0.2, 0.25) is 0 Å². The van der Waals surface area contributed by atoms with Gasteiger partial charge in [0.1, 0.15) is 5.75 Å². The van der Waals surface area contributed by atoms with Crippen molar-refractivity contribution in [3.63, 3.8) is 0 Å². The van der Waals surface area contributed by atoms with E-state index in [1.807, 2.05) is 0 Å². The second-order valence-corrected chi connectivity index (χ2v) is 6.24. The molecule has 132 valence electrons. The molecule has 2 aromatic rings. The number of carbonyl (C=O) groups excluding carboxylic acids is 1. The zero-order chi connectivity index (χ0) is 18.7. The Hall–Kier alpha value is -3.26. The van der Waals surface area contributed by atoms with Crippen molar-refractivity contribution in [2.75, 3.05) is 7.11 Å². The van der Waals surface area contributed by atoms with Crippen molar-refractivity contribution < 1.29 is 24.5 Å². The average molecular weight is 369 g/mol. The Morgan fingerprint density at radius 2 is 2.08 bits per heavy atom. The molecule has 0 radical (unpaired) electrons. The topological polar surface area (TPSA) is 111 Å². The SMILES string of the molecule is COc1cc(/C=C2\SC(=Nc3ccccc3C(=O)O)NC2=O)ccc1[O-]. The van der Waals surface area contributed by atoms with Gasteiger partial charge in [0.25, 0.3) is 5.91 Å². The number of benzene rings is 2. The third-order valence-corrected chi connectivity index (χ3v) is 4.40. The van der Waals surface area contributed by atoms with Crippen LogP contribution in [0.1, 0.15) is 15.9 Å². The zero-order valence-electron chi connectivity index (χ0n) is 13.6. The number of aliphatic imine (C=N–C) groups is 1. The number of thioether (sulfide) groups is 1. The van der Waals surface area contributed by atoms with Gasteiger partial charge in [0.05, 0.1) is 23.3 Å². The van der Waals surface area contributed by atoms with Crippen LogP contribution < -0.4 is 15.2 Å². The van der Waals surface area contributed by atoms with Crippen LogP contribution in [-0.4, -0.2) is 29.3 Å². The molecule has 1 amide bonds. The van der Waals surface area contributed by atoms with Crippen LogP contribution in [0.5, 0.6) is 11.5 Å². The van der Waals surface area contributed by atoms with Gasteiger partial charge in [-0.1, -0.05) is 30.0 Å². The van der Waals surface area contributed by atoms with E-state index in [1.54, 1.807) is 30.3 Å². The molecule has 0 aliphatic carbocycles. The minimum Gasteiger partial charge on any atom is -0.870 e. The smallest absolute Gasteiger partial charge is 0.337 e. The number of carbonyl (C=O) groups is 2. The molecule has 3 rings (SSSR count). The normalized spacial score (nSPS) is 16.7. The molecular formula is C18H13N2O5S-. The Morgan fingerprint density at radius 1 is 1.31 bits per heavy atom. The molecule has 0 spiro atoms. The number of hydrogen-bond acceptors (Lipinski definition) is 6. The summed E-state index contributed by atoms with van der Waals surface area (Å²) in [6.45, 7) is 0. The number of nitrogens with zero attached hydrogens (tertiary/aromatic N) is 1. The van der Waals surface area contributed by atoms with Crippen LogP contribution in [0, 0.1) is 0 Å². The minimum absolute atomic E-state index is 0.0445. The average Bonchev–Trinajstić information content (AvgIpc) is 2.96. The lowest BCUT2D eigenvalue weighted by molar-refractivity contribution is -0.270. The van der Waals surface area contributed by atoms with Crippen LogP contribution >= 0.6 is 11.8 Å². The predicted octanol–water partition coefficient (Wildman–Crippen LogP) is 2.36. The molecule has 0 atom stereocenters. The Bertz CT molecular complexity index is 952. The summed E-state index contributed by atoms with van der Waals surface area (Å²) < 4.78 is 4.98. The van der Waals surface area contributed by atoms with Crippen molar-refractivity contribution in [2.24, 2.45) is 4.99 Å². The number of amides is 1. The zero-order valence-corrected chi connectivity index (χ0v) is 14.4. The fourth-order valence-electron chi connectivity index (χ4n) is 2.27.